The molecular weight excluding hydrogens is 477 g/mol. The van der Waals surface area contributed by atoms with Crippen molar-refractivity contribution >= 4 is 41.6 Å². The van der Waals surface area contributed by atoms with Crippen LogP contribution in [0.25, 0.3) is 10.9 Å². The van der Waals surface area contributed by atoms with E-state index in [4.69, 9.17) is 4.74 Å². The number of carbonyl (C=O) groups is 1. The lowest BCUT2D eigenvalue weighted by molar-refractivity contribution is -0.140. The lowest BCUT2D eigenvalue weighted by atomic mass is 9.61. The summed E-state index contributed by atoms with van der Waals surface area (Å²) in [6.45, 7) is 5.86. The Morgan fingerprint density at radius 2 is 2.00 bits per heavy atom. The van der Waals surface area contributed by atoms with E-state index in [1.807, 2.05) is 18.2 Å². The molecule has 1 aromatic heterocycles. The number of amides is 1. The van der Waals surface area contributed by atoms with E-state index in [0.717, 1.165) is 65.1 Å². The fourth-order valence-electron chi connectivity index (χ4n) is 5.89. The second-order valence-electron chi connectivity index (χ2n) is 9.43. The number of piperidine rings is 1. The van der Waals surface area contributed by atoms with E-state index < -0.39 is 0 Å². The van der Waals surface area contributed by atoms with Crippen LogP contribution in [-0.2, 0) is 16.0 Å². The number of hydrogen-bond donors (Lipinski definition) is 3. The van der Waals surface area contributed by atoms with Crippen LogP contribution in [0, 0.1) is 11.3 Å². The van der Waals surface area contributed by atoms with Gasteiger partial charge in [0.05, 0.1) is 29.5 Å². The van der Waals surface area contributed by atoms with Crippen molar-refractivity contribution in [1.29, 1.82) is 0 Å². The number of carbonyl (C=O) groups excluding carboxylic acids is 1. The van der Waals surface area contributed by atoms with E-state index in [-0.39, 0.29) is 41.7 Å². The SMILES string of the molecule is Cl.Cl.O=C(NCCc1nc2ccccc2c(=O)[nH]1)[C@@]12CC[C@H](N3CCOCC3)C[C@H]1CCNC2. The van der Waals surface area contributed by atoms with Crippen LogP contribution in [0.1, 0.15) is 31.5 Å². The van der Waals surface area contributed by atoms with Crippen molar-refractivity contribution in [2.45, 2.75) is 38.1 Å². The molecule has 2 aromatic rings. The molecule has 1 aromatic carbocycles. The Balaban J connectivity index is 0.00000162. The average molecular weight is 512 g/mol. The van der Waals surface area contributed by atoms with E-state index in [9.17, 15) is 9.59 Å². The Morgan fingerprint density at radius 3 is 2.82 bits per heavy atom. The van der Waals surface area contributed by atoms with Gasteiger partial charge < -0.3 is 20.4 Å². The fourth-order valence-corrected chi connectivity index (χ4v) is 5.89. The first kappa shape index (κ1) is 26.9. The third-order valence-electron chi connectivity index (χ3n) is 7.70. The molecule has 1 aliphatic carbocycles. The van der Waals surface area contributed by atoms with Crippen molar-refractivity contribution in [3.8, 4) is 0 Å². The first-order valence-electron chi connectivity index (χ1n) is 11.9. The number of fused-ring (bicyclic) bond motifs is 2. The minimum atomic E-state index is -0.328. The van der Waals surface area contributed by atoms with E-state index in [1.54, 1.807) is 6.07 Å². The quantitative estimate of drug-likeness (QED) is 0.566. The van der Waals surface area contributed by atoms with Crippen LogP contribution in [0.5, 0.6) is 0 Å². The van der Waals surface area contributed by atoms with Crippen LogP contribution >= 0.6 is 24.8 Å². The molecule has 3 fully saturated rings. The number of halogens is 2. The average Bonchev–Trinajstić information content (AvgIpc) is 2.84. The van der Waals surface area contributed by atoms with Gasteiger partial charge in [-0.15, -0.1) is 24.8 Å². The molecule has 1 saturated carbocycles. The van der Waals surface area contributed by atoms with Gasteiger partial charge in [-0.25, -0.2) is 4.98 Å². The fraction of sp³-hybridized carbons (Fsp3) is 0.625. The number of para-hydroxylation sites is 1. The van der Waals surface area contributed by atoms with Gasteiger partial charge in [-0.1, -0.05) is 12.1 Å². The normalized spacial score (nSPS) is 27.2. The molecule has 188 valence electrons. The molecule has 3 heterocycles. The zero-order valence-corrected chi connectivity index (χ0v) is 21.0. The van der Waals surface area contributed by atoms with Gasteiger partial charge in [0.2, 0.25) is 5.91 Å². The predicted molar refractivity (Wildman–Crippen MR) is 137 cm³/mol. The Labute approximate surface area is 212 Å². The first-order valence-corrected chi connectivity index (χ1v) is 11.9. The number of nitrogens with zero attached hydrogens (tertiary/aromatic N) is 2. The van der Waals surface area contributed by atoms with Gasteiger partial charge in [0.1, 0.15) is 5.82 Å². The van der Waals surface area contributed by atoms with Crippen LogP contribution in [0.3, 0.4) is 0 Å². The van der Waals surface area contributed by atoms with Crippen molar-refractivity contribution in [3.05, 3.63) is 40.4 Å². The van der Waals surface area contributed by atoms with Crippen molar-refractivity contribution in [2.24, 2.45) is 11.3 Å². The summed E-state index contributed by atoms with van der Waals surface area (Å²) in [7, 11) is 0. The number of benzene rings is 1. The monoisotopic (exact) mass is 511 g/mol. The molecule has 2 aliphatic heterocycles. The molecule has 2 saturated heterocycles. The maximum Gasteiger partial charge on any atom is 0.258 e. The van der Waals surface area contributed by atoms with Gasteiger partial charge >= 0.3 is 0 Å². The minimum Gasteiger partial charge on any atom is -0.379 e. The van der Waals surface area contributed by atoms with Gasteiger partial charge in [0.25, 0.3) is 5.56 Å². The molecule has 0 spiro atoms. The molecule has 0 radical (unpaired) electrons. The van der Waals surface area contributed by atoms with Gasteiger partial charge in [-0.2, -0.15) is 0 Å². The summed E-state index contributed by atoms with van der Waals surface area (Å²) in [4.78, 5) is 35.7. The van der Waals surface area contributed by atoms with Crippen molar-refractivity contribution in [3.63, 3.8) is 0 Å². The van der Waals surface area contributed by atoms with Crippen LogP contribution < -0.4 is 16.2 Å². The maximum absolute atomic E-state index is 13.4. The maximum atomic E-state index is 13.4. The first-order chi connectivity index (χ1) is 15.7. The van der Waals surface area contributed by atoms with Gasteiger partial charge in [-0.3, -0.25) is 14.5 Å². The number of H-pyrrole nitrogens is 1. The number of morpholine rings is 1. The Hall–Kier alpha value is -1.71. The van der Waals surface area contributed by atoms with E-state index >= 15 is 0 Å². The van der Waals surface area contributed by atoms with Crippen LogP contribution in [-0.4, -0.2) is 72.8 Å². The number of ether oxygens (including phenoxy) is 1. The van der Waals surface area contributed by atoms with E-state index in [1.165, 1.54) is 0 Å². The predicted octanol–water partition coefficient (Wildman–Crippen LogP) is 1.91. The Bertz CT molecular complexity index is 1030. The van der Waals surface area contributed by atoms with Gasteiger partial charge in [0.15, 0.2) is 0 Å². The molecule has 3 atom stereocenters. The van der Waals surface area contributed by atoms with Crippen LogP contribution in [0.4, 0.5) is 0 Å². The number of rotatable bonds is 5. The number of aromatic nitrogens is 2. The second kappa shape index (κ2) is 11.8. The lowest BCUT2D eigenvalue weighted by Gasteiger charge is -2.50. The molecule has 8 nitrogen and oxygen atoms in total. The lowest BCUT2D eigenvalue weighted by Crippen LogP contribution is -2.60. The minimum absolute atomic E-state index is 0. The smallest absolute Gasteiger partial charge is 0.258 e. The third-order valence-corrected chi connectivity index (χ3v) is 7.70. The summed E-state index contributed by atoms with van der Waals surface area (Å²) in [5, 5.41) is 7.25. The molecular formula is C24H35Cl2N5O3. The summed E-state index contributed by atoms with van der Waals surface area (Å²) in [5.41, 5.74) is 0.230. The zero-order chi connectivity index (χ0) is 22.0. The highest BCUT2D eigenvalue weighted by molar-refractivity contribution is 5.85. The molecule has 1 amide bonds. The number of hydrogen-bond acceptors (Lipinski definition) is 6. The molecule has 34 heavy (non-hydrogen) atoms. The summed E-state index contributed by atoms with van der Waals surface area (Å²) < 4.78 is 5.52. The summed E-state index contributed by atoms with van der Waals surface area (Å²) in [6.07, 6.45) is 4.63. The van der Waals surface area contributed by atoms with Crippen molar-refractivity contribution in [1.82, 2.24) is 25.5 Å². The van der Waals surface area contributed by atoms with Crippen LogP contribution in [0.15, 0.2) is 29.1 Å². The third kappa shape index (κ3) is 5.41. The summed E-state index contributed by atoms with van der Waals surface area (Å²) in [6, 6.07) is 7.89. The van der Waals surface area contributed by atoms with Gasteiger partial charge in [0, 0.05) is 38.6 Å². The highest BCUT2D eigenvalue weighted by Gasteiger charge is 2.50. The summed E-state index contributed by atoms with van der Waals surface area (Å²) >= 11 is 0. The highest BCUT2D eigenvalue weighted by atomic mass is 35.5. The van der Waals surface area contributed by atoms with Crippen molar-refractivity contribution in [2.75, 3.05) is 45.9 Å². The van der Waals surface area contributed by atoms with Crippen molar-refractivity contribution < 1.29 is 9.53 Å². The van der Waals surface area contributed by atoms with Gasteiger partial charge in [-0.05, 0) is 50.3 Å². The molecule has 3 N–H and O–H groups in total. The largest absolute Gasteiger partial charge is 0.379 e. The van der Waals surface area contributed by atoms with E-state index in [2.05, 4.69) is 25.5 Å². The molecule has 0 unspecified atom stereocenters. The highest BCUT2D eigenvalue weighted by Crippen LogP contribution is 2.46. The number of nitrogens with one attached hydrogen (secondary N) is 3. The molecule has 10 heteroatoms. The second-order valence-corrected chi connectivity index (χ2v) is 9.43. The molecule has 5 rings (SSSR count). The summed E-state index contributed by atoms with van der Waals surface area (Å²) in [5.74, 6) is 1.17. The number of aromatic amines is 1. The topological polar surface area (TPSA) is 99.3 Å². The van der Waals surface area contributed by atoms with E-state index in [0.29, 0.717) is 41.7 Å². The molecule has 3 aliphatic rings. The Morgan fingerprint density at radius 1 is 1.21 bits per heavy atom. The van der Waals surface area contributed by atoms with Crippen LogP contribution in [0.2, 0.25) is 0 Å². The standard InChI is InChI=1S/C24H33N5O3.2ClH/c30-22-19-3-1-2-4-20(19)27-21(28-22)7-10-26-23(31)24-8-5-18(29-11-13-32-14-12-29)15-17(24)6-9-25-16-24;;/h1-4,17-18,25H,5-16H2,(H,26,31)(H,27,28,30);2*1H/t17-,18+,24-;;/m1../s1. The Kier molecular flexibility index (Phi) is 9.34. The molecule has 0 bridgehead atoms. The zero-order valence-electron chi connectivity index (χ0n) is 19.4.